The van der Waals surface area contributed by atoms with Gasteiger partial charge < -0.3 is 4.74 Å². The molecule has 0 N–H and O–H groups in total. The summed E-state index contributed by atoms with van der Waals surface area (Å²) in [6.07, 6.45) is 5.36. The molecule has 0 saturated carbocycles. The minimum atomic E-state index is -1.06. The van der Waals surface area contributed by atoms with Crippen molar-refractivity contribution < 1.29 is 17.9 Å². The van der Waals surface area contributed by atoms with Crippen molar-refractivity contribution >= 4 is 0 Å². The third-order valence-corrected chi connectivity index (χ3v) is 3.91. The zero-order valence-electron chi connectivity index (χ0n) is 14.0. The molecule has 2 aromatic carbocycles. The average Bonchev–Trinajstić information content (AvgIpc) is 2.61. The molecule has 3 aromatic rings. The summed E-state index contributed by atoms with van der Waals surface area (Å²) in [5.74, 6) is -0.707. The van der Waals surface area contributed by atoms with Crippen LogP contribution in [0.25, 0.3) is 22.3 Å². The van der Waals surface area contributed by atoms with Crippen LogP contribution in [-0.4, -0.2) is 17.3 Å². The van der Waals surface area contributed by atoms with Crippen LogP contribution >= 0.6 is 0 Å². The number of hydrogen-bond donors (Lipinski definition) is 0. The first-order chi connectivity index (χ1) is 12.5. The number of nitrogens with zero attached hydrogens (tertiary/aromatic N) is 2. The minimum Gasteiger partial charge on any atom is -0.479 e. The van der Waals surface area contributed by atoms with Crippen molar-refractivity contribution in [1.82, 2.24) is 10.2 Å². The number of ether oxygens (including phenoxy) is 1. The zero-order chi connectivity index (χ0) is 18.8. The Morgan fingerprint density at radius 1 is 0.923 bits per heavy atom. The molecule has 130 valence electrons. The summed E-state index contributed by atoms with van der Waals surface area (Å²) < 4.78 is 47.4. The molecule has 26 heavy (non-hydrogen) atoms. The lowest BCUT2D eigenvalue weighted by Gasteiger charge is -2.16. The number of benzene rings is 2. The number of aryl methyl sites for hydroxylation is 1. The van der Waals surface area contributed by atoms with E-state index >= 15 is 0 Å². The average molecular weight is 354 g/mol. The Labute approximate surface area is 148 Å². The molecular formula is C20H13F3N2O. The lowest BCUT2D eigenvalue weighted by Crippen LogP contribution is -2.03. The highest BCUT2D eigenvalue weighted by molar-refractivity contribution is 5.88. The summed E-state index contributed by atoms with van der Waals surface area (Å²) in [7, 11) is 1.31. The third kappa shape index (κ3) is 3.00. The van der Waals surface area contributed by atoms with Gasteiger partial charge in [-0.15, -0.1) is 11.5 Å². The van der Waals surface area contributed by atoms with Gasteiger partial charge in [-0.25, -0.2) is 13.2 Å². The van der Waals surface area contributed by atoms with Gasteiger partial charge in [0.25, 0.3) is 0 Å². The van der Waals surface area contributed by atoms with Gasteiger partial charge in [0.2, 0.25) is 5.88 Å². The second kappa shape index (κ2) is 6.89. The second-order valence-electron chi connectivity index (χ2n) is 5.51. The maximum atomic E-state index is 14.4. The van der Waals surface area contributed by atoms with E-state index in [0.29, 0.717) is 34.5 Å². The monoisotopic (exact) mass is 354 g/mol. The quantitative estimate of drug-likeness (QED) is 0.649. The molecule has 0 bridgehead atoms. The fourth-order valence-electron chi connectivity index (χ4n) is 2.75. The standard InChI is InChI=1S/C20H13F3N2O/c1-4-12-5-7-13(8-6-12)17-11(2)24-25-20(26-3)19(17)18-15(22)9-14(21)10-16(18)23/h1,5-10H,2-3H3. The van der Waals surface area contributed by atoms with E-state index in [1.54, 1.807) is 31.2 Å². The topological polar surface area (TPSA) is 35.0 Å². The van der Waals surface area contributed by atoms with Gasteiger partial charge >= 0.3 is 0 Å². The maximum absolute atomic E-state index is 14.4. The van der Waals surface area contributed by atoms with Crippen molar-refractivity contribution in [3.05, 3.63) is 65.1 Å². The molecule has 6 heteroatoms. The number of halogens is 3. The third-order valence-electron chi connectivity index (χ3n) is 3.91. The Kier molecular flexibility index (Phi) is 4.63. The molecule has 0 radical (unpaired) electrons. The Morgan fingerprint density at radius 3 is 2.08 bits per heavy atom. The fraction of sp³-hybridized carbons (Fsp3) is 0.100. The van der Waals surface area contributed by atoms with Crippen molar-refractivity contribution in [2.24, 2.45) is 0 Å². The van der Waals surface area contributed by atoms with E-state index in [4.69, 9.17) is 11.2 Å². The Bertz CT molecular complexity index is 1000. The van der Waals surface area contributed by atoms with Gasteiger partial charge in [0.1, 0.15) is 17.5 Å². The van der Waals surface area contributed by atoms with Crippen LogP contribution in [-0.2, 0) is 0 Å². The molecule has 0 aliphatic heterocycles. The van der Waals surface area contributed by atoms with E-state index in [-0.39, 0.29) is 11.4 Å². The van der Waals surface area contributed by atoms with Crippen molar-refractivity contribution in [1.29, 1.82) is 0 Å². The summed E-state index contributed by atoms with van der Waals surface area (Å²) in [5, 5.41) is 7.86. The SMILES string of the molecule is C#Cc1ccc(-c2c(C)nnc(OC)c2-c2c(F)cc(F)cc2F)cc1. The Hall–Kier alpha value is -3.33. The largest absolute Gasteiger partial charge is 0.479 e. The summed E-state index contributed by atoms with van der Waals surface area (Å²) in [4.78, 5) is 0. The number of hydrogen-bond acceptors (Lipinski definition) is 3. The van der Waals surface area contributed by atoms with Crippen LogP contribution in [0.15, 0.2) is 36.4 Å². The van der Waals surface area contributed by atoms with E-state index in [9.17, 15) is 13.2 Å². The maximum Gasteiger partial charge on any atom is 0.241 e. The predicted molar refractivity (Wildman–Crippen MR) is 92.0 cm³/mol. The van der Waals surface area contributed by atoms with Crippen LogP contribution in [0, 0.1) is 36.7 Å². The molecule has 0 saturated heterocycles. The van der Waals surface area contributed by atoms with Gasteiger partial charge in [-0.2, -0.15) is 5.10 Å². The molecule has 0 aliphatic rings. The normalized spacial score (nSPS) is 10.5. The van der Waals surface area contributed by atoms with Crippen LogP contribution < -0.4 is 4.74 Å². The molecule has 0 spiro atoms. The molecule has 1 aromatic heterocycles. The first-order valence-electron chi connectivity index (χ1n) is 7.59. The van der Waals surface area contributed by atoms with Gasteiger partial charge in [0.15, 0.2) is 0 Å². The van der Waals surface area contributed by atoms with Crippen molar-refractivity contribution in [2.75, 3.05) is 7.11 Å². The first kappa shape index (κ1) is 17.5. The van der Waals surface area contributed by atoms with Gasteiger partial charge in [-0.05, 0) is 24.6 Å². The van der Waals surface area contributed by atoms with Gasteiger partial charge in [0.05, 0.1) is 23.9 Å². The highest BCUT2D eigenvalue weighted by Crippen LogP contribution is 2.41. The van der Waals surface area contributed by atoms with Crippen LogP contribution in [0.3, 0.4) is 0 Å². The Morgan fingerprint density at radius 2 is 1.54 bits per heavy atom. The van der Waals surface area contributed by atoms with Crippen LogP contribution in [0.2, 0.25) is 0 Å². The smallest absolute Gasteiger partial charge is 0.241 e. The highest BCUT2D eigenvalue weighted by atomic mass is 19.1. The van der Waals surface area contributed by atoms with Gasteiger partial charge in [0, 0.05) is 23.3 Å². The molecule has 0 amide bonds. The molecule has 3 rings (SSSR count). The zero-order valence-corrected chi connectivity index (χ0v) is 14.0. The second-order valence-corrected chi connectivity index (χ2v) is 5.51. The number of rotatable bonds is 3. The molecule has 0 aliphatic carbocycles. The minimum absolute atomic E-state index is 0.0588. The number of methoxy groups -OCH3 is 1. The van der Waals surface area contributed by atoms with Crippen LogP contribution in [0.5, 0.6) is 5.88 Å². The van der Waals surface area contributed by atoms with E-state index in [1.165, 1.54) is 7.11 Å². The molecule has 0 fully saturated rings. The predicted octanol–water partition coefficient (Wildman–Crippen LogP) is 4.53. The summed E-state index contributed by atoms with van der Waals surface area (Å²) >= 11 is 0. The van der Waals surface area contributed by atoms with Crippen molar-refractivity contribution in [3.8, 4) is 40.5 Å². The van der Waals surface area contributed by atoms with E-state index in [2.05, 4.69) is 16.1 Å². The lowest BCUT2D eigenvalue weighted by atomic mass is 9.93. The summed E-state index contributed by atoms with van der Waals surface area (Å²) in [6, 6.07) is 8.03. The van der Waals surface area contributed by atoms with Crippen LogP contribution in [0.1, 0.15) is 11.3 Å². The molecule has 3 nitrogen and oxygen atoms in total. The van der Waals surface area contributed by atoms with E-state index < -0.39 is 23.0 Å². The fourth-order valence-corrected chi connectivity index (χ4v) is 2.75. The molecule has 1 heterocycles. The van der Waals surface area contributed by atoms with Gasteiger partial charge in [-0.3, -0.25) is 0 Å². The molecule has 0 atom stereocenters. The highest BCUT2D eigenvalue weighted by Gasteiger charge is 2.24. The first-order valence-corrected chi connectivity index (χ1v) is 7.59. The molecular weight excluding hydrogens is 341 g/mol. The van der Waals surface area contributed by atoms with Crippen LogP contribution in [0.4, 0.5) is 13.2 Å². The lowest BCUT2D eigenvalue weighted by molar-refractivity contribution is 0.393. The van der Waals surface area contributed by atoms with Crippen molar-refractivity contribution in [2.45, 2.75) is 6.92 Å². The molecule has 0 unspecified atom stereocenters. The summed E-state index contributed by atoms with van der Waals surface area (Å²) in [5.41, 5.74) is 1.75. The van der Waals surface area contributed by atoms with Gasteiger partial charge in [-0.1, -0.05) is 18.1 Å². The number of aromatic nitrogens is 2. The summed E-state index contributed by atoms with van der Waals surface area (Å²) in [6.45, 7) is 1.65. The van der Waals surface area contributed by atoms with E-state index in [0.717, 1.165) is 0 Å². The number of terminal acetylenes is 1. The Balaban J connectivity index is 2.38. The van der Waals surface area contributed by atoms with E-state index in [1.807, 2.05) is 0 Å². The van der Waals surface area contributed by atoms with Crippen molar-refractivity contribution in [3.63, 3.8) is 0 Å².